The first-order valence-electron chi connectivity index (χ1n) is 12.9. The molecule has 5 rings (SSSR count). The highest BCUT2D eigenvalue weighted by Gasteiger charge is 2.47. The van der Waals surface area contributed by atoms with E-state index < -0.39 is 12.1 Å². The van der Waals surface area contributed by atoms with Crippen LogP contribution in [0.25, 0.3) is 11.4 Å². The fourth-order valence-corrected chi connectivity index (χ4v) is 5.85. The Hall–Kier alpha value is -3.86. The molecule has 1 fully saturated rings. The largest absolute Gasteiger partial charge is 0.480 e. The minimum Gasteiger partial charge on any atom is -0.480 e. The maximum atomic E-state index is 14.1. The van der Waals surface area contributed by atoms with E-state index in [4.69, 9.17) is 31.2 Å². The lowest BCUT2D eigenvalue weighted by atomic mass is 9.89. The van der Waals surface area contributed by atoms with Crippen LogP contribution in [0.2, 0.25) is 5.02 Å². The minimum absolute atomic E-state index is 0.0545. The van der Waals surface area contributed by atoms with E-state index in [0.29, 0.717) is 53.7 Å². The van der Waals surface area contributed by atoms with Gasteiger partial charge >= 0.3 is 12.1 Å². The van der Waals surface area contributed by atoms with Crippen LogP contribution in [0.5, 0.6) is 11.9 Å². The summed E-state index contributed by atoms with van der Waals surface area (Å²) in [4.78, 5) is 40.6. The summed E-state index contributed by atoms with van der Waals surface area (Å²) in [6.07, 6.45) is 3.24. The Morgan fingerprint density at radius 2 is 1.79 bits per heavy atom. The van der Waals surface area contributed by atoms with Crippen molar-refractivity contribution in [1.82, 2.24) is 29.7 Å². The molecule has 1 aliphatic heterocycles. The molecule has 11 nitrogen and oxygen atoms in total. The number of methoxy groups -OCH3 is 2. The van der Waals surface area contributed by atoms with Gasteiger partial charge in [0.1, 0.15) is 11.9 Å². The molecular weight excluding hydrogens is 524 g/mol. The zero-order valence-corrected chi connectivity index (χ0v) is 23.0. The van der Waals surface area contributed by atoms with Gasteiger partial charge < -0.3 is 29.4 Å². The number of rotatable bonds is 7. The van der Waals surface area contributed by atoms with Crippen LogP contribution in [-0.2, 0) is 0 Å². The molecule has 1 unspecified atom stereocenters. The zero-order chi connectivity index (χ0) is 27.8. The van der Waals surface area contributed by atoms with Crippen molar-refractivity contribution in [1.29, 1.82) is 0 Å². The van der Waals surface area contributed by atoms with Gasteiger partial charge in [-0.05, 0) is 57.2 Å². The highest BCUT2D eigenvalue weighted by molar-refractivity contribution is 6.30. The van der Waals surface area contributed by atoms with E-state index in [1.165, 1.54) is 14.2 Å². The molecule has 0 bridgehead atoms. The van der Waals surface area contributed by atoms with Gasteiger partial charge in [0.15, 0.2) is 5.69 Å². The molecule has 3 heterocycles. The van der Waals surface area contributed by atoms with Crippen LogP contribution >= 0.6 is 11.6 Å². The average molecular weight is 555 g/mol. The van der Waals surface area contributed by atoms with Gasteiger partial charge in [-0.15, -0.1) is 0 Å². The maximum Gasteiger partial charge on any atom is 0.404 e. The fraction of sp³-hybridized carbons (Fsp3) is 0.444. The van der Waals surface area contributed by atoms with E-state index >= 15 is 0 Å². The van der Waals surface area contributed by atoms with Crippen LogP contribution in [0, 0.1) is 0 Å². The molecule has 12 heteroatoms. The number of carbonyl (C=O) groups is 2. The standard InChI is InChI=1S/C27H31ClN6O5/c1-14(2)33-22-20(31-23(33)19-13-29-26(39-4)32-24(19)38-3)25(35)34(21(22)15-5-7-16(28)8-6-15)18-11-9-17(10-12-18)30-27(36)37/h5-8,13-14,17-18,21,30H,9-12H2,1-4H3,(H,36,37). The number of amides is 2. The number of aromatic nitrogens is 4. The highest BCUT2D eigenvalue weighted by Crippen LogP contribution is 2.46. The molecule has 2 aliphatic rings. The molecule has 39 heavy (non-hydrogen) atoms. The Morgan fingerprint density at radius 3 is 2.38 bits per heavy atom. The number of hydrogen-bond acceptors (Lipinski definition) is 7. The van der Waals surface area contributed by atoms with Crippen molar-refractivity contribution in [3.05, 3.63) is 52.4 Å². The zero-order valence-electron chi connectivity index (χ0n) is 22.2. The number of carboxylic acid groups (broad SMARTS) is 1. The second kappa shape index (κ2) is 10.7. The van der Waals surface area contributed by atoms with E-state index in [1.807, 2.05) is 43.0 Å². The summed E-state index contributed by atoms with van der Waals surface area (Å²) in [7, 11) is 2.99. The number of imidazole rings is 1. The number of benzene rings is 1. The van der Waals surface area contributed by atoms with Crippen LogP contribution < -0.4 is 14.8 Å². The van der Waals surface area contributed by atoms with Gasteiger partial charge in [-0.3, -0.25) is 4.79 Å². The maximum absolute atomic E-state index is 14.1. The van der Waals surface area contributed by atoms with Gasteiger partial charge in [0.2, 0.25) is 5.88 Å². The van der Waals surface area contributed by atoms with Crippen molar-refractivity contribution < 1.29 is 24.2 Å². The predicted molar refractivity (Wildman–Crippen MR) is 143 cm³/mol. The molecule has 2 amide bonds. The Labute approximate surface area is 231 Å². The summed E-state index contributed by atoms with van der Waals surface area (Å²) < 4.78 is 12.8. The quantitative estimate of drug-likeness (QED) is 0.429. The summed E-state index contributed by atoms with van der Waals surface area (Å²) in [5.41, 5.74) is 2.64. The number of nitrogens with zero attached hydrogens (tertiary/aromatic N) is 5. The van der Waals surface area contributed by atoms with E-state index in [-0.39, 0.29) is 30.0 Å². The smallest absolute Gasteiger partial charge is 0.404 e. The molecule has 0 saturated heterocycles. The van der Waals surface area contributed by atoms with E-state index in [2.05, 4.69) is 19.9 Å². The van der Waals surface area contributed by atoms with E-state index in [0.717, 1.165) is 11.3 Å². The fourth-order valence-electron chi connectivity index (χ4n) is 5.72. The minimum atomic E-state index is -1.03. The lowest BCUT2D eigenvalue weighted by Gasteiger charge is -2.38. The second-order valence-electron chi connectivity index (χ2n) is 10.0. The number of hydrogen-bond donors (Lipinski definition) is 2. The molecule has 1 saturated carbocycles. The van der Waals surface area contributed by atoms with Crippen molar-refractivity contribution in [3.63, 3.8) is 0 Å². The summed E-state index contributed by atoms with van der Waals surface area (Å²) in [5.74, 6) is 0.675. The third-order valence-electron chi connectivity index (χ3n) is 7.39. The van der Waals surface area contributed by atoms with Gasteiger partial charge in [-0.2, -0.15) is 4.98 Å². The van der Waals surface area contributed by atoms with Crippen molar-refractivity contribution in [2.45, 2.75) is 63.7 Å². The van der Waals surface area contributed by atoms with Crippen molar-refractivity contribution in [2.75, 3.05) is 14.2 Å². The molecule has 1 aromatic carbocycles. The summed E-state index contributed by atoms with van der Waals surface area (Å²) in [6, 6.07) is 7.05. The number of ether oxygens (including phenoxy) is 2. The molecule has 0 spiro atoms. The molecule has 1 aliphatic carbocycles. The Bertz CT molecular complexity index is 1380. The summed E-state index contributed by atoms with van der Waals surface area (Å²) in [5, 5.41) is 12.3. The number of fused-ring (bicyclic) bond motifs is 1. The van der Waals surface area contributed by atoms with E-state index in [1.54, 1.807) is 6.20 Å². The molecule has 206 valence electrons. The van der Waals surface area contributed by atoms with Gasteiger partial charge in [0, 0.05) is 29.3 Å². The molecule has 3 aromatic rings. The van der Waals surface area contributed by atoms with Crippen molar-refractivity contribution >= 4 is 23.6 Å². The normalized spacial score (nSPS) is 20.7. The third kappa shape index (κ3) is 4.87. The van der Waals surface area contributed by atoms with E-state index in [9.17, 15) is 9.59 Å². The number of carbonyl (C=O) groups excluding carboxylic acids is 1. The first-order valence-corrected chi connectivity index (χ1v) is 13.3. The van der Waals surface area contributed by atoms with Gasteiger partial charge in [0.25, 0.3) is 5.91 Å². The Morgan fingerprint density at radius 1 is 1.10 bits per heavy atom. The summed E-state index contributed by atoms with van der Waals surface area (Å²) in [6.45, 7) is 4.08. The monoisotopic (exact) mass is 554 g/mol. The van der Waals surface area contributed by atoms with Gasteiger partial charge in [-0.25, -0.2) is 14.8 Å². The van der Waals surface area contributed by atoms with Crippen molar-refractivity contribution in [2.24, 2.45) is 0 Å². The molecular formula is C27H31ClN6O5. The second-order valence-corrected chi connectivity index (χ2v) is 10.5. The molecule has 2 N–H and O–H groups in total. The third-order valence-corrected chi connectivity index (χ3v) is 7.64. The summed E-state index contributed by atoms with van der Waals surface area (Å²) >= 11 is 6.22. The average Bonchev–Trinajstić information content (AvgIpc) is 3.44. The SMILES string of the molecule is COc1ncc(-c2nc3c(n2C(C)C)C(c2ccc(Cl)cc2)N(C2CCC(NC(=O)O)CC2)C3=O)c(OC)n1. The van der Waals surface area contributed by atoms with Crippen LogP contribution in [0.1, 0.15) is 73.4 Å². The van der Waals surface area contributed by atoms with Crippen LogP contribution in [0.3, 0.4) is 0 Å². The van der Waals surface area contributed by atoms with Crippen LogP contribution in [0.4, 0.5) is 4.79 Å². The molecule has 2 aromatic heterocycles. The first-order chi connectivity index (χ1) is 18.7. The predicted octanol–water partition coefficient (Wildman–Crippen LogP) is 4.72. The number of nitrogens with one attached hydrogen (secondary N) is 1. The Kier molecular flexibility index (Phi) is 7.35. The van der Waals surface area contributed by atoms with Crippen LogP contribution in [0.15, 0.2) is 30.5 Å². The van der Waals surface area contributed by atoms with Crippen molar-refractivity contribution in [3.8, 4) is 23.3 Å². The highest BCUT2D eigenvalue weighted by atomic mass is 35.5. The van der Waals surface area contributed by atoms with Crippen LogP contribution in [-0.4, -0.2) is 67.8 Å². The lowest BCUT2D eigenvalue weighted by molar-refractivity contribution is 0.0584. The van der Waals surface area contributed by atoms with Gasteiger partial charge in [0.05, 0.1) is 25.5 Å². The lowest BCUT2D eigenvalue weighted by Crippen LogP contribution is -2.45. The molecule has 0 radical (unpaired) electrons. The molecule has 1 atom stereocenters. The first kappa shape index (κ1) is 26.7. The Balaban J connectivity index is 1.62. The number of halogens is 1. The topological polar surface area (TPSA) is 132 Å². The van der Waals surface area contributed by atoms with Gasteiger partial charge in [-0.1, -0.05) is 23.7 Å².